The topological polar surface area (TPSA) is 49.3 Å². The number of nitrogens with one attached hydrogen (secondary N) is 1. The molecule has 114 valence electrons. The van der Waals surface area contributed by atoms with Crippen molar-refractivity contribution in [3.63, 3.8) is 0 Å². The molecular formula is C14H21Cl2NO2S. The number of aryl methyl sites for hydroxylation is 1. The Morgan fingerprint density at radius 2 is 2.15 bits per heavy atom. The molecule has 1 aromatic rings. The largest absolute Gasteiger partial charge is 0.393 e. The Morgan fingerprint density at radius 3 is 2.70 bits per heavy atom. The molecule has 6 heteroatoms. The van der Waals surface area contributed by atoms with E-state index in [1.807, 2.05) is 13.0 Å². The van der Waals surface area contributed by atoms with Crippen molar-refractivity contribution in [3.8, 4) is 0 Å². The summed E-state index contributed by atoms with van der Waals surface area (Å²) in [7, 11) is 0. The monoisotopic (exact) mass is 337 g/mol. The normalized spacial score (nSPS) is 14.1. The highest BCUT2D eigenvalue weighted by atomic mass is 35.5. The van der Waals surface area contributed by atoms with Gasteiger partial charge in [0, 0.05) is 13.0 Å². The minimum atomic E-state index is -0.326. The van der Waals surface area contributed by atoms with Crippen LogP contribution in [0, 0.1) is 5.92 Å². The quantitative estimate of drug-likeness (QED) is 0.755. The summed E-state index contributed by atoms with van der Waals surface area (Å²) in [5.41, 5.74) is 1.01. The fourth-order valence-corrected chi connectivity index (χ4v) is 3.57. The second-order valence-corrected chi connectivity index (χ2v) is 7.48. The van der Waals surface area contributed by atoms with E-state index in [1.54, 1.807) is 6.92 Å². The van der Waals surface area contributed by atoms with Crippen LogP contribution in [-0.2, 0) is 11.2 Å². The standard InChI is InChI=1S/C14H21Cl2NO2S/c1-9(6-10(2)18)8-17-13(19)5-3-4-11-7-12(15)20-14(11)16/h7,9-10,18H,3-6,8H2,1-2H3,(H,17,19). The Bertz CT molecular complexity index is 435. The van der Waals surface area contributed by atoms with Crippen LogP contribution < -0.4 is 5.32 Å². The number of hydrogen-bond acceptors (Lipinski definition) is 3. The van der Waals surface area contributed by atoms with Gasteiger partial charge >= 0.3 is 0 Å². The lowest BCUT2D eigenvalue weighted by Gasteiger charge is -2.14. The fourth-order valence-electron chi connectivity index (χ4n) is 2.03. The molecule has 0 aliphatic rings. The Morgan fingerprint density at radius 1 is 1.45 bits per heavy atom. The Labute approximate surface area is 134 Å². The number of carbonyl (C=O) groups is 1. The minimum absolute atomic E-state index is 0.0416. The van der Waals surface area contributed by atoms with Crippen LogP contribution in [0.4, 0.5) is 0 Å². The third-order valence-corrected chi connectivity index (χ3v) is 4.54. The highest BCUT2D eigenvalue weighted by Gasteiger charge is 2.10. The average Bonchev–Trinajstić information content (AvgIpc) is 2.64. The summed E-state index contributed by atoms with van der Waals surface area (Å²) in [5.74, 6) is 0.323. The van der Waals surface area contributed by atoms with E-state index in [0.29, 0.717) is 28.1 Å². The van der Waals surface area contributed by atoms with Gasteiger partial charge in [0.05, 0.1) is 14.8 Å². The van der Waals surface area contributed by atoms with Crippen molar-refractivity contribution in [2.24, 2.45) is 5.92 Å². The molecule has 1 amide bonds. The first kappa shape index (κ1) is 17.8. The number of halogens is 2. The van der Waals surface area contributed by atoms with E-state index < -0.39 is 0 Å². The van der Waals surface area contributed by atoms with Gasteiger partial charge in [0.2, 0.25) is 5.91 Å². The van der Waals surface area contributed by atoms with Gasteiger partial charge in [0.1, 0.15) is 0 Å². The first-order valence-corrected chi connectivity index (χ1v) is 8.34. The maximum Gasteiger partial charge on any atom is 0.220 e. The van der Waals surface area contributed by atoms with Gasteiger partial charge < -0.3 is 10.4 Å². The zero-order valence-electron chi connectivity index (χ0n) is 11.8. The van der Waals surface area contributed by atoms with Crippen molar-refractivity contribution in [1.29, 1.82) is 0 Å². The molecule has 3 nitrogen and oxygen atoms in total. The summed E-state index contributed by atoms with van der Waals surface area (Å²) in [4.78, 5) is 11.7. The predicted molar refractivity (Wildman–Crippen MR) is 85.7 cm³/mol. The lowest BCUT2D eigenvalue weighted by Crippen LogP contribution is -2.29. The summed E-state index contributed by atoms with van der Waals surface area (Å²) in [6.45, 7) is 4.38. The maximum absolute atomic E-state index is 11.7. The van der Waals surface area contributed by atoms with E-state index >= 15 is 0 Å². The zero-order chi connectivity index (χ0) is 15.1. The first-order chi connectivity index (χ1) is 9.38. The van der Waals surface area contributed by atoms with Crippen molar-refractivity contribution in [2.75, 3.05) is 6.54 Å². The third-order valence-electron chi connectivity index (χ3n) is 2.97. The van der Waals surface area contributed by atoms with Crippen LogP contribution in [0.3, 0.4) is 0 Å². The molecule has 1 aromatic heterocycles. The molecular weight excluding hydrogens is 317 g/mol. The van der Waals surface area contributed by atoms with Crippen LogP contribution >= 0.6 is 34.5 Å². The Kier molecular flexibility index (Phi) is 7.88. The van der Waals surface area contributed by atoms with Gasteiger partial charge in [-0.15, -0.1) is 11.3 Å². The van der Waals surface area contributed by atoms with Gasteiger partial charge in [-0.1, -0.05) is 30.1 Å². The van der Waals surface area contributed by atoms with Crippen molar-refractivity contribution in [3.05, 3.63) is 20.3 Å². The van der Waals surface area contributed by atoms with E-state index in [9.17, 15) is 9.90 Å². The van der Waals surface area contributed by atoms with Gasteiger partial charge in [-0.2, -0.15) is 0 Å². The molecule has 2 unspecified atom stereocenters. The van der Waals surface area contributed by atoms with Gasteiger partial charge in [-0.05, 0) is 43.7 Å². The lowest BCUT2D eigenvalue weighted by atomic mass is 10.0. The van der Waals surface area contributed by atoms with Crippen LogP contribution in [-0.4, -0.2) is 23.7 Å². The number of hydrogen-bond donors (Lipinski definition) is 2. The second-order valence-electron chi connectivity index (χ2n) is 5.20. The van der Waals surface area contributed by atoms with Crippen molar-refractivity contribution in [2.45, 2.75) is 45.6 Å². The third kappa shape index (κ3) is 6.93. The second kappa shape index (κ2) is 8.88. The Balaban J connectivity index is 2.19. The number of thiophene rings is 1. The number of amides is 1. The van der Waals surface area contributed by atoms with Crippen molar-refractivity contribution >= 4 is 40.4 Å². The summed E-state index contributed by atoms with van der Waals surface area (Å²) in [5, 5.41) is 12.1. The first-order valence-electron chi connectivity index (χ1n) is 6.77. The molecule has 0 spiro atoms. The van der Waals surface area contributed by atoms with Gasteiger partial charge in [-0.25, -0.2) is 0 Å². The van der Waals surface area contributed by atoms with Crippen LogP contribution in [0.25, 0.3) is 0 Å². The fraction of sp³-hybridized carbons (Fsp3) is 0.643. The Hall–Kier alpha value is -0.290. The number of carbonyl (C=O) groups excluding carboxylic acids is 1. The van der Waals surface area contributed by atoms with Crippen LogP contribution in [0.5, 0.6) is 0 Å². The van der Waals surface area contributed by atoms with E-state index in [2.05, 4.69) is 5.32 Å². The summed E-state index contributed by atoms with van der Waals surface area (Å²) >= 11 is 13.2. The number of aliphatic hydroxyl groups excluding tert-OH is 1. The predicted octanol–water partition coefficient (Wildman–Crippen LogP) is 3.90. The van der Waals surface area contributed by atoms with Gasteiger partial charge in [0.15, 0.2) is 0 Å². The molecule has 0 aromatic carbocycles. The summed E-state index contributed by atoms with van der Waals surface area (Å²) < 4.78 is 1.39. The van der Waals surface area contributed by atoms with Crippen LogP contribution in [0.15, 0.2) is 6.07 Å². The summed E-state index contributed by atoms with van der Waals surface area (Å²) in [6, 6.07) is 1.86. The minimum Gasteiger partial charge on any atom is -0.393 e. The lowest BCUT2D eigenvalue weighted by molar-refractivity contribution is -0.121. The average molecular weight is 338 g/mol. The molecule has 1 heterocycles. The highest BCUT2D eigenvalue weighted by molar-refractivity contribution is 7.20. The number of rotatable bonds is 8. The van der Waals surface area contributed by atoms with E-state index in [4.69, 9.17) is 23.2 Å². The van der Waals surface area contributed by atoms with Gasteiger partial charge in [0.25, 0.3) is 0 Å². The van der Waals surface area contributed by atoms with Crippen molar-refractivity contribution < 1.29 is 9.90 Å². The molecule has 0 saturated carbocycles. The maximum atomic E-state index is 11.7. The zero-order valence-corrected chi connectivity index (χ0v) is 14.1. The molecule has 2 N–H and O–H groups in total. The highest BCUT2D eigenvalue weighted by Crippen LogP contribution is 2.31. The smallest absolute Gasteiger partial charge is 0.220 e. The van der Waals surface area contributed by atoms with E-state index in [1.165, 1.54) is 11.3 Å². The van der Waals surface area contributed by atoms with Crippen LogP contribution in [0.1, 0.15) is 38.7 Å². The molecule has 0 bridgehead atoms. The molecule has 0 radical (unpaired) electrons. The molecule has 20 heavy (non-hydrogen) atoms. The molecule has 0 aliphatic heterocycles. The van der Waals surface area contributed by atoms with Crippen LogP contribution in [0.2, 0.25) is 8.67 Å². The molecule has 0 fully saturated rings. The SMILES string of the molecule is CC(O)CC(C)CNC(=O)CCCc1cc(Cl)sc1Cl. The number of aliphatic hydroxyl groups is 1. The molecule has 0 saturated heterocycles. The van der Waals surface area contributed by atoms with Crippen molar-refractivity contribution in [1.82, 2.24) is 5.32 Å². The van der Waals surface area contributed by atoms with Gasteiger partial charge in [-0.3, -0.25) is 4.79 Å². The van der Waals surface area contributed by atoms with E-state index in [0.717, 1.165) is 18.4 Å². The molecule has 1 rings (SSSR count). The van der Waals surface area contributed by atoms with E-state index in [-0.39, 0.29) is 17.9 Å². The molecule has 0 aliphatic carbocycles. The molecule has 2 atom stereocenters. The summed E-state index contributed by atoms with van der Waals surface area (Å²) in [6.07, 6.45) is 2.36.